The van der Waals surface area contributed by atoms with E-state index >= 15 is 0 Å². The molecular formula is C25H24N6O4. The lowest BCUT2D eigenvalue weighted by molar-refractivity contribution is 0.0526. The molecule has 2 aromatic heterocycles. The minimum Gasteiger partial charge on any atom is -0.462 e. The van der Waals surface area contributed by atoms with Gasteiger partial charge >= 0.3 is 12.0 Å². The van der Waals surface area contributed by atoms with Gasteiger partial charge in [0.1, 0.15) is 6.07 Å². The summed E-state index contributed by atoms with van der Waals surface area (Å²) in [6, 6.07) is 11.7. The van der Waals surface area contributed by atoms with Crippen LogP contribution in [0.25, 0.3) is 11.3 Å². The number of nitriles is 1. The second kappa shape index (κ2) is 9.69. The Kier molecular flexibility index (Phi) is 6.51. The van der Waals surface area contributed by atoms with E-state index in [1.807, 2.05) is 17.6 Å². The number of hydrogen-bond acceptors (Lipinski definition) is 6. The monoisotopic (exact) mass is 472 g/mol. The molecule has 0 atom stereocenters. The molecule has 0 radical (unpaired) electrons. The molecule has 0 bridgehead atoms. The smallest absolute Gasteiger partial charge is 0.338 e. The lowest BCUT2D eigenvalue weighted by atomic mass is 10.0. The maximum absolute atomic E-state index is 13.0. The number of amides is 3. The predicted molar refractivity (Wildman–Crippen MR) is 127 cm³/mol. The molecule has 10 nitrogen and oxygen atoms in total. The Hall–Kier alpha value is -4.65. The van der Waals surface area contributed by atoms with Gasteiger partial charge in [-0.25, -0.2) is 9.59 Å². The van der Waals surface area contributed by atoms with Crippen molar-refractivity contribution < 1.29 is 19.1 Å². The number of fused-ring (bicyclic) bond motifs is 1. The number of pyridine rings is 1. The van der Waals surface area contributed by atoms with Crippen LogP contribution >= 0.6 is 0 Å². The maximum Gasteiger partial charge on any atom is 0.338 e. The highest BCUT2D eigenvalue weighted by Crippen LogP contribution is 2.35. The lowest BCUT2D eigenvalue weighted by Crippen LogP contribution is -2.41. The molecule has 4 rings (SSSR count). The summed E-state index contributed by atoms with van der Waals surface area (Å²) in [4.78, 5) is 43.0. The molecule has 0 unspecified atom stereocenters. The first-order valence-corrected chi connectivity index (χ1v) is 11.1. The number of rotatable bonds is 5. The van der Waals surface area contributed by atoms with Gasteiger partial charge in [-0.1, -0.05) is 0 Å². The van der Waals surface area contributed by atoms with Gasteiger partial charge in [0.05, 0.1) is 41.2 Å². The molecular weight excluding hydrogens is 448 g/mol. The molecule has 35 heavy (non-hydrogen) atoms. The number of nitrogens with zero attached hydrogens (tertiary/aromatic N) is 4. The van der Waals surface area contributed by atoms with Crippen LogP contribution < -0.4 is 11.1 Å². The molecule has 10 heteroatoms. The number of carbonyl (C=O) groups is 3. The van der Waals surface area contributed by atoms with E-state index in [2.05, 4.69) is 16.4 Å². The Bertz CT molecular complexity index is 1350. The van der Waals surface area contributed by atoms with E-state index in [4.69, 9.17) is 10.5 Å². The largest absolute Gasteiger partial charge is 0.462 e. The minimum absolute atomic E-state index is 0.0962. The standard InChI is InChI=1S/C25H24N6O4/c1-3-35-24(33)16-6-8-17(9-7-16)29-25(34)30-11-12-31-20(14-30)21(23(27)32)19(13-26)22(31)18-5-4-10-28-15(18)2/h4-10H,3,11-12,14H2,1-2H3,(H2,27,32)(H,29,34). The van der Waals surface area contributed by atoms with Gasteiger partial charge in [-0.15, -0.1) is 0 Å². The fourth-order valence-corrected chi connectivity index (χ4v) is 4.23. The van der Waals surface area contributed by atoms with E-state index in [0.29, 0.717) is 41.4 Å². The average molecular weight is 473 g/mol. The van der Waals surface area contributed by atoms with Gasteiger partial charge in [0.25, 0.3) is 5.91 Å². The topological polar surface area (TPSA) is 143 Å². The SMILES string of the molecule is CCOC(=O)c1ccc(NC(=O)N2CCn3c(c(C(N)=O)c(C#N)c3-c3cccnc3C)C2)cc1. The zero-order valence-corrected chi connectivity index (χ0v) is 19.4. The van der Waals surface area contributed by atoms with Gasteiger partial charge in [0, 0.05) is 36.2 Å². The number of anilines is 1. The zero-order valence-electron chi connectivity index (χ0n) is 19.4. The van der Waals surface area contributed by atoms with Crippen LogP contribution in [0, 0.1) is 18.3 Å². The van der Waals surface area contributed by atoms with Crippen LogP contribution in [0.4, 0.5) is 10.5 Å². The third kappa shape index (κ3) is 4.44. The molecule has 0 saturated carbocycles. The van der Waals surface area contributed by atoms with E-state index in [1.165, 1.54) is 0 Å². The van der Waals surface area contributed by atoms with Crippen molar-refractivity contribution >= 4 is 23.6 Å². The van der Waals surface area contributed by atoms with Crippen molar-refractivity contribution in [1.82, 2.24) is 14.5 Å². The number of esters is 1. The highest BCUT2D eigenvalue weighted by Gasteiger charge is 2.32. The number of hydrogen-bond donors (Lipinski definition) is 2. The molecule has 3 aromatic rings. The third-order valence-corrected chi connectivity index (χ3v) is 5.86. The highest BCUT2D eigenvalue weighted by molar-refractivity contribution is 6.00. The number of carbonyl (C=O) groups excluding carboxylic acids is 3. The van der Waals surface area contributed by atoms with E-state index in [0.717, 1.165) is 5.56 Å². The summed E-state index contributed by atoms with van der Waals surface area (Å²) in [5.41, 5.74) is 9.39. The molecule has 0 fully saturated rings. The van der Waals surface area contributed by atoms with Gasteiger partial charge in [-0.05, 0) is 50.2 Å². The van der Waals surface area contributed by atoms with Crippen molar-refractivity contribution in [3.8, 4) is 17.3 Å². The number of ether oxygens (including phenoxy) is 1. The van der Waals surface area contributed by atoms with Gasteiger partial charge in [-0.3, -0.25) is 9.78 Å². The van der Waals surface area contributed by atoms with E-state index in [1.54, 1.807) is 48.4 Å². The van der Waals surface area contributed by atoms with Crippen LogP contribution in [-0.2, 0) is 17.8 Å². The average Bonchev–Trinajstić information content (AvgIpc) is 3.18. The second-order valence-electron chi connectivity index (χ2n) is 7.96. The van der Waals surface area contributed by atoms with Crippen LogP contribution in [0.15, 0.2) is 42.6 Å². The Balaban J connectivity index is 1.62. The number of nitrogens with one attached hydrogen (secondary N) is 1. The van der Waals surface area contributed by atoms with E-state index < -0.39 is 11.9 Å². The van der Waals surface area contributed by atoms with Crippen LogP contribution in [0.5, 0.6) is 0 Å². The van der Waals surface area contributed by atoms with Crippen LogP contribution in [0.3, 0.4) is 0 Å². The maximum atomic E-state index is 13.0. The van der Waals surface area contributed by atoms with Gasteiger partial charge in [0.15, 0.2) is 0 Å². The van der Waals surface area contributed by atoms with Gasteiger partial charge in [0.2, 0.25) is 0 Å². The van der Waals surface area contributed by atoms with Crippen molar-refractivity contribution in [2.75, 3.05) is 18.5 Å². The second-order valence-corrected chi connectivity index (χ2v) is 7.96. The normalized spacial score (nSPS) is 12.4. The first-order chi connectivity index (χ1) is 16.8. The lowest BCUT2D eigenvalue weighted by Gasteiger charge is -2.30. The number of nitrogens with two attached hydrogens (primary N) is 1. The number of benzene rings is 1. The van der Waals surface area contributed by atoms with Crippen molar-refractivity contribution in [3.05, 3.63) is 70.7 Å². The molecule has 0 spiro atoms. The number of aromatic nitrogens is 2. The molecule has 1 aliphatic heterocycles. The van der Waals surface area contributed by atoms with Crippen LogP contribution in [0.2, 0.25) is 0 Å². The first kappa shape index (κ1) is 23.5. The number of urea groups is 1. The molecule has 3 N–H and O–H groups in total. The molecule has 1 aromatic carbocycles. The van der Waals surface area contributed by atoms with Gasteiger partial charge in [-0.2, -0.15) is 5.26 Å². The van der Waals surface area contributed by atoms with Crippen molar-refractivity contribution in [2.45, 2.75) is 26.9 Å². The van der Waals surface area contributed by atoms with Crippen LogP contribution in [0.1, 0.15) is 44.6 Å². The highest BCUT2D eigenvalue weighted by atomic mass is 16.5. The summed E-state index contributed by atoms with van der Waals surface area (Å²) < 4.78 is 6.84. The minimum atomic E-state index is -0.727. The Morgan fingerprint density at radius 1 is 1.20 bits per heavy atom. The summed E-state index contributed by atoms with van der Waals surface area (Å²) in [7, 11) is 0. The Labute approximate surface area is 201 Å². The summed E-state index contributed by atoms with van der Waals surface area (Å²) in [5.74, 6) is -1.16. The molecule has 178 valence electrons. The summed E-state index contributed by atoms with van der Waals surface area (Å²) in [5, 5.41) is 12.7. The quantitative estimate of drug-likeness (QED) is 0.546. The summed E-state index contributed by atoms with van der Waals surface area (Å²) in [6.45, 7) is 4.65. The van der Waals surface area contributed by atoms with Crippen molar-refractivity contribution in [2.24, 2.45) is 5.73 Å². The fraction of sp³-hybridized carbons (Fsp3) is 0.240. The molecule has 0 aliphatic carbocycles. The van der Waals surface area contributed by atoms with E-state index in [9.17, 15) is 19.6 Å². The summed E-state index contributed by atoms with van der Waals surface area (Å²) in [6.07, 6.45) is 1.66. The van der Waals surface area contributed by atoms with E-state index in [-0.39, 0.29) is 30.3 Å². The Morgan fingerprint density at radius 2 is 1.94 bits per heavy atom. The number of aryl methyl sites for hydroxylation is 1. The first-order valence-electron chi connectivity index (χ1n) is 11.1. The predicted octanol–water partition coefficient (Wildman–Crippen LogP) is 3.05. The summed E-state index contributed by atoms with van der Waals surface area (Å²) >= 11 is 0. The van der Waals surface area contributed by atoms with Crippen LogP contribution in [-0.4, -0.2) is 45.5 Å². The zero-order chi connectivity index (χ0) is 25.1. The molecule has 1 aliphatic rings. The van der Waals surface area contributed by atoms with Crippen molar-refractivity contribution in [3.63, 3.8) is 0 Å². The molecule has 0 saturated heterocycles. The van der Waals surface area contributed by atoms with Gasteiger partial charge < -0.3 is 25.3 Å². The molecule has 3 heterocycles. The number of primary amides is 1. The third-order valence-electron chi connectivity index (χ3n) is 5.86. The molecule has 3 amide bonds. The Morgan fingerprint density at radius 3 is 2.57 bits per heavy atom. The van der Waals surface area contributed by atoms with Crippen molar-refractivity contribution in [1.29, 1.82) is 5.26 Å². The fourth-order valence-electron chi connectivity index (χ4n) is 4.23.